The van der Waals surface area contributed by atoms with Crippen molar-refractivity contribution in [3.63, 3.8) is 0 Å². The molecule has 1 amide bonds. The fraction of sp³-hybridized carbons (Fsp3) is 0.278. The average Bonchev–Trinajstić information content (AvgIpc) is 2.60. The summed E-state index contributed by atoms with van der Waals surface area (Å²) in [5.74, 6) is 1.15. The molecule has 0 heterocycles. The lowest BCUT2D eigenvalue weighted by atomic mass is 10.2. The highest BCUT2D eigenvalue weighted by Crippen LogP contribution is 2.29. The van der Waals surface area contributed by atoms with Crippen LogP contribution in [0.4, 0.5) is 11.4 Å². The van der Waals surface area contributed by atoms with Crippen molar-refractivity contribution in [3.8, 4) is 11.5 Å². The van der Waals surface area contributed by atoms with Crippen molar-refractivity contribution < 1.29 is 14.3 Å². The Bertz CT molecular complexity index is 644. The van der Waals surface area contributed by atoms with Crippen molar-refractivity contribution in [1.29, 1.82) is 0 Å². The van der Waals surface area contributed by atoms with Crippen LogP contribution in [0.3, 0.4) is 0 Å². The fourth-order valence-corrected chi connectivity index (χ4v) is 2.29. The number of likely N-dealkylation sites (N-methyl/N-ethyl adjacent to an activating group) is 1. The highest BCUT2D eigenvalue weighted by atomic mass is 16.5. The van der Waals surface area contributed by atoms with Gasteiger partial charge in [-0.2, -0.15) is 0 Å². The molecule has 0 radical (unpaired) electrons. The van der Waals surface area contributed by atoms with Crippen LogP contribution in [0.15, 0.2) is 48.5 Å². The summed E-state index contributed by atoms with van der Waals surface area (Å²) in [5.41, 5.74) is 1.65. The second kappa shape index (κ2) is 8.08. The first-order chi connectivity index (χ1) is 11.2. The van der Waals surface area contributed by atoms with Gasteiger partial charge in [-0.15, -0.1) is 0 Å². The molecule has 0 fully saturated rings. The van der Waals surface area contributed by atoms with Gasteiger partial charge in [0.05, 0.1) is 26.5 Å². The topological polar surface area (TPSA) is 50.8 Å². The molecule has 0 aliphatic carbocycles. The van der Waals surface area contributed by atoms with E-state index >= 15 is 0 Å². The summed E-state index contributed by atoms with van der Waals surface area (Å²) < 4.78 is 10.5. The quantitative estimate of drug-likeness (QED) is 0.853. The molecular formula is C18H22N2O3. The summed E-state index contributed by atoms with van der Waals surface area (Å²) in [6.07, 6.45) is 0. The molecule has 0 saturated carbocycles. The highest BCUT2D eigenvalue weighted by molar-refractivity contribution is 5.95. The van der Waals surface area contributed by atoms with Crippen molar-refractivity contribution in [2.45, 2.75) is 6.92 Å². The minimum absolute atomic E-state index is 0.0980. The summed E-state index contributed by atoms with van der Waals surface area (Å²) in [7, 11) is 3.15. The second-order valence-corrected chi connectivity index (χ2v) is 4.96. The van der Waals surface area contributed by atoms with Gasteiger partial charge in [-0.3, -0.25) is 4.79 Å². The standard InChI is InChI=1S/C18H22N2O3/c1-4-20(14-8-6-5-7-9-14)13-18(21)19-16-11-10-15(22-2)12-17(16)23-3/h5-12H,4,13H2,1-3H3,(H,19,21). The van der Waals surface area contributed by atoms with E-state index < -0.39 is 0 Å². The number of para-hydroxylation sites is 1. The first-order valence-electron chi connectivity index (χ1n) is 7.49. The lowest BCUT2D eigenvalue weighted by molar-refractivity contribution is -0.115. The van der Waals surface area contributed by atoms with E-state index in [1.807, 2.05) is 42.2 Å². The summed E-state index contributed by atoms with van der Waals surface area (Å²) in [4.78, 5) is 14.3. The number of amides is 1. The molecule has 0 bridgehead atoms. The Hall–Kier alpha value is -2.69. The molecule has 0 atom stereocenters. The molecule has 122 valence electrons. The number of methoxy groups -OCH3 is 2. The molecule has 0 aromatic heterocycles. The van der Waals surface area contributed by atoms with Crippen molar-refractivity contribution in [2.75, 3.05) is 37.5 Å². The van der Waals surface area contributed by atoms with Crippen LogP contribution in [0.25, 0.3) is 0 Å². The van der Waals surface area contributed by atoms with Gasteiger partial charge in [0.25, 0.3) is 0 Å². The molecule has 0 saturated heterocycles. The van der Waals surface area contributed by atoms with E-state index in [1.165, 1.54) is 0 Å². The zero-order valence-electron chi connectivity index (χ0n) is 13.7. The maximum atomic E-state index is 12.3. The Kier molecular flexibility index (Phi) is 5.86. The average molecular weight is 314 g/mol. The van der Waals surface area contributed by atoms with Crippen LogP contribution in [-0.4, -0.2) is 33.2 Å². The molecule has 0 aliphatic heterocycles. The van der Waals surface area contributed by atoms with Crippen molar-refractivity contribution in [1.82, 2.24) is 0 Å². The summed E-state index contributed by atoms with van der Waals surface area (Å²) in [6.45, 7) is 3.04. The Morgan fingerprint density at radius 2 is 1.83 bits per heavy atom. The van der Waals surface area contributed by atoms with Crippen molar-refractivity contribution >= 4 is 17.3 Å². The molecule has 23 heavy (non-hydrogen) atoms. The van der Waals surface area contributed by atoms with E-state index in [0.717, 1.165) is 12.2 Å². The van der Waals surface area contributed by atoms with E-state index in [-0.39, 0.29) is 12.5 Å². The number of carbonyl (C=O) groups is 1. The Labute approximate surface area is 136 Å². The summed E-state index contributed by atoms with van der Waals surface area (Å²) in [5, 5.41) is 2.89. The number of hydrogen-bond donors (Lipinski definition) is 1. The summed E-state index contributed by atoms with van der Waals surface area (Å²) >= 11 is 0. The Morgan fingerprint density at radius 1 is 1.09 bits per heavy atom. The van der Waals surface area contributed by atoms with E-state index in [2.05, 4.69) is 5.32 Å². The second-order valence-electron chi connectivity index (χ2n) is 4.96. The summed E-state index contributed by atoms with van der Waals surface area (Å²) in [6, 6.07) is 15.2. The molecule has 1 N–H and O–H groups in total. The first-order valence-corrected chi connectivity index (χ1v) is 7.49. The van der Waals surface area contributed by atoms with Crippen LogP contribution >= 0.6 is 0 Å². The largest absolute Gasteiger partial charge is 0.497 e. The molecule has 5 heteroatoms. The maximum Gasteiger partial charge on any atom is 0.243 e. The van der Waals surface area contributed by atoms with Crippen LogP contribution in [0.1, 0.15) is 6.92 Å². The monoisotopic (exact) mass is 314 g/mol. The van der Waals surface area contributed by atoms with Gasteiger partial charge in [0, 0.05) is 18.3 Å². The third kappa shape index (κ3) is 4.39. The number of nitrogens with zero attached hydrogens (tertiary/aromatic N) is 1. The van der Waals surface area contributed by atoms with Crippen LogP contribution < -0.4 is 19.7 Å². The van der Waals surface area contributed by atoms with Gasteiger partial charge in [-0.05, 0) is 31.2 Å². The van der Waals surface area contributed by atoms with Gasteiger partial charge in [0.2, 0.25) is 5.91 Å². The SMILES string of the molecule is CCN(CC(=O)Nc1ccc(OC)cc1OC)c1ccccc1. The first kappa shape index (κ1) is 16.7. The van der Waals surface area contributed by atoms with E-state index in [9.17, 15) is 4.79 Å². The molecule has 2 rings (SSSR count). The number of rotatable bonds is 7. The zero-order valence-corrected chi connectivity index (χ0v) is 13.7. The predicted octanol–water partition coefficient (Wildman–Crippen LogP) is 3.17. The number of hydrogen-bond acceptors (Lipinski definition) is 4. The molecule has 0 unspecified atom stereocenters. The van der Waals surface area contributed by atoms with Crippen LogP contribution in [0.2, 0.25) is 0 Å². The zero-order chi connectivity index (χ0) is 16.7. The Morgan fingerprint density at radius 3 is 2.43 bits per heavy atom. The van der Waals surface area contributed by atoms with E-state index in [1.54, 1.807) is 32.4 Å². The molecule has 0 spiro atoms. The smallest absolute Gasteiger partial charge is 0.243 e. The third-order valence-corrected chi connectivity index (χ3v) is 3.52. The minimum Gasteiger partial charge on any atom is -0.497 e. The number of nitrogens with one attached hydrogen (secondary N) is 1. The van der Waals surface area contributed by atoms with Gasteiger partial charge in [-0.25, -0.2) is 0 Å². The Balaban J connectivity index is 2.07. The van der Waals surface area contributed by atoms with Crippen molar-refractivity contribution in [3.05, 3.63) is 48.5 Å². The molecular weight excluding hydrogens is 292 g/mol. The maximum absolute atomic E-state index is 12.3. The van der Waals surface area contributed by atoms with Gasteiger partial charge in [0.1, 0.15) is 11.5 Å². The normalized spacial score (nSPS) is 10.0. The lowest BCUT2D eigenvalue weighted by Crippen LogP contribution is -2.33. The molecule has 2 aromatic carbocycles. The van der Waals surface area contributed by atoms with Crippen LogP contribution in [-0.2, 0) is 4.79 Å². The van der Waals surface area contributed by atoms with Crippen LogP contribution in [0, 0.1) is 0 Å². The predicted molar refractivity (Wildman–Crippen MR) is 92.5 cm³/mol. The van der Waals surface area contributed by atoms with E-state index in [0.29, 0.717) is 17.2 Å². The van der Waals surface area contributed by atoms with Gasteiger partial charge in [0.15, 0.2) is 0 Å². The lowest BCUT2D eigenvalue weighted by Gasteiger charge is -2.22. The van der Waals surface area contributed by atoms with E-state index in [4.69, 9.17) is 9.47 Å². The number of anilines is 2. The van der Waals surface area contributed by atoms with Gasteiger partial charge >= 0.3 is 0 Å². The molecule has 2 aromatic rings. The molecule has 0 aliphatic rings. The fourth-order valence-electron chi connectivity index (χ4n) is 2.29. The number of ether oxygens (including phenoxy) is 2. The number of carbonyl (C=O) groups excluding carboxylic acids is 1. The number of benzene rings is 2. The highest BCUT2D eigenvalue weighted by Gasteiger charge is 2.12. The molecule has 5 nitrogen and oxygen atoms in total. The van der Waals surface area contributed by atoms with Gasteiger partial charge in [-0.1, -0.05) is 18.2 Å². The van der Waals surface area contributed by atoms with Crippen molar-refractivity contribution in [2.24, 2.45) is 0 Å². The minimum atomic E-state index is -0.0980. The van der Waals surface area contributed by atoms with Gasteiger partial charge < -0.3 is 19.7 Å². The third-order valence-electron chi connectivity index (χ3n) is 3.52. The van der Waals surface area contributed by atoms with Crippen LogP contribution in [0.5, 0.6) is 11.5 Å².